The molecule has 3 fully saturated rings. The third-order valence-corrected chi connectivity index (χ3v) is 5.39. The van der Waals surface area contributed by atoms with Crippen molar-refractivity contribution < 1.29 is 14.7 Å². The highest BCUT2D eigenvalue weighted by molar-refractivity contribution is 5.83. The summed E-state index contributed by atoms with van der Waals surface area (Å²) in [6.07, 6.45) is 5.51. The highest BCUT2D eigenvalue weighted by Crippen LogP contribution is 2.44. The van der Waals surface area contributed by atoms with Crippen LogP contribution in [0.3, 0.4) is 0 Å². The number of hydrogen-bond donors (Lipinski definition) is 2. The fourth-order valence-corrected chi connectivity index (χ4v) is 4.43. The molecule has 2 aliphatic heterocycles. The lowest BCUT2D eigenvalue weighted by molar-refractivity contribution is -0.143. The van der Waals surface area contributed by atoms with Gasteiger partial charge in [-0.1, -0.05) is 6.42 Å². The molecule has 0 spiro atoms. The van der Waals surface area contributed by atoms with Crippen molar-refractivity contribution in [3.63, 3.8) is 0 Å². The molecular formula is C14H22N2O3. The van der Waals surface area contributed by atoms with E-state index >= 15 is 0 Å². The highest BCUT2D eigenvalue weighted by Gasteiger charge is 2.53. The number of rotatable bonds is 3. The van der Waals surface area contributed by atoms with Gasteiger partial charge in [0, 0.05) is 18.0 Å². The van der Waals surface area contributed by atoms with Crippen LogP contribution in [0.4, 0.5) is 0 Å². The van der Waals surface area contributed by atoms with Gasteiger partial charge >= 0.3 is 5.97 Å². The van der Waals surface area contributed by atoms with Crippen molar-refractivity contribution in [3.05, 3.63) is 0 Å². The van der Waals surface area contributed by atoms with Crippen LogP contribution in [0, 0.1) is 17.8 Å². The van der Waals surface area contributed by atoms with E-state index in [1.807, 2.05) is 4.90 Å². The van der Waals surface area contributed by atoms with Gasteiger partial charge in [0.25, 0.3) is 0 Å². The summed E-state index contributed by atoms with van der Waals surface area (Å²) in [6.45, 7) is 0.571. The van der Waals surface area contributed by atoms with E-state index in [0.717, 1.165) is 32.1 Å². The maximum absolute atomic E-state index is 12.7. The minimum absolute atomic E-state index is 0.0423. The van der Waals surface area contributed by atoms with Gasteiger partial charge in [0.15, 0.2) is 0 Å². The molecule has 0 aromatic rings. The minimum Gasteiger partial charge on any atom is -0.481 e. The molecule has 3 N–H and O–H groups in total. The first-order valence-corrected chi connectivity index (χ1v) is 7.38. The summed E-state index contributed by atoms with van der Waals surface area (Å²) in [4.78, 5) is 25.9. The van der Waals surface area contributed by atoms with E-state index in [0.29, 0.717) is 18.9 Å². The molecule has 19 heavy (non-hydrogen) atoms. The van der Waals surface area contributed by atoms with Crippen molar-refractivity contribution in [1.29, 1.82) is 0 Å². The fraction of sp³-hybridized carbons (Fsp3) is 0.857. The molecule has 3 rings (SSSR count). The minimum atomic E-state index is -0.744. The van der Waals surface area contributed by atoms with Crippen LogP contribution in [-0.4, -0.2) is 40.5 Å². The standard InChI is InChI=1S/C14H22N2O3/c15-7-8-2-1-3-10(8)13(17)16-9-4-5-12(16)11(6-9)14(18)19/h8-12H,1-7,15H2,(H,18,19). The maximum atomic E-state index is 12.7. The zero-order chi connectivity index (χ0) is 13.6. The molecule has 1 aliphatic carbocycles. The van der Waals surface area contributed by atoms with Crippen LogP contribution in [0.1, 0.15) is 38.5 Å². The van der Waals surface area contributed by atoms with Gasteiger partial charge in [-0.15, -0.1) is 0 Å². The van der Waals surface area contributed by atoms with E-state index < -0.39 is 5.97 Å². The number of carboxylic acid groups (broad SMARTS) is 1. The molecule has 5 nitrogen and oxygen atoms in total. The SMILES string of the molecule is NCC1CCCC1C(=O)N1C2CCC1C(C(=O)O)C2. The second-order valence-corrected chi connectivity index (χ2v) is 6.26. The number of carboxylic acids is 1. The third kappa shape index (κ3) is 1.95. The molecule has 106 valence electrons. The van der Waals surface area contributed by atoms with Gasteiger partial charge in [0.2, 0.25) is 5.91 Å². The number of aliphatic carboxylic acids is 1. The molecule has 2 bridgehead atoms. The van der Waals surface area contributed by atoms with E-state index in [4.69, 9.17) is 5.73 Å². The Kier molecular flexibility index (Phi) is 3.25. The first-order chi connectivity index (χ1) is 9.13. The molecule has 0 aromatic heterocycles. The molecule has 2 saturated heterocycles. The van der Waals surface area contributed by atoms with E-state index in [1.165, 1.54) is 0 Å². The predicted octanol–water partition coefficient (Wildman–Crippen LogP) is 0.825. The van der Waals surface area contributed by atoms with Gasteiger partial charge in [0.1, 0.15) is 0 Å². The van der Waals surface area contributed by atoms with Crippen molar-refractivity contribution in [2.24, 2.45) is 23.5 Å². The first-order valence-electron chi connectivity index (χ1n) is 7.38. The van der Waals surface area contributed by atoms with Crippen molar-refractivity contribution in [2.75, 3.05) is 6.54 Å². The summed E-state index contributed by atoms with van der Waals surface area (Å²) in [5.41, 5.74) is 5.76. The quantitative estimate of drug-likeness (QED) is 0.792. The lowest BCUT2D eigenvalue weighted by Gasteiger charge is -2.28. The van der Waals surface area contributed by atoms with Crippen LogP contribution in [0.15, 0.2) is 0 Å². The highest BCUT2D eigenvalue weighted by atomic mass is 16.4. The van der Waals surface area contributed by atoms with E-state index in [1.54, 1.807) is 0 Å². The monoisotopic (exact) mass is 266 g/mol. The van der Waals surface area contributed by atoms with Gasteiger partial charge < -0.3 is 15.7 Å². The van der Waals surface area contributed by atoms with E-state index in [-0.39, 0.29) is 29.8 Å². The Balaban J connectivity index is 1.76. The van der Waals surface area contributed by atoms with Gasteiger partial charge in [-0.2, -0.15) is 0 Å². The van der Waals surface area contributed by atoms with Gasteiger partial charge in [-0.05, 0) is 44.6 Å². The summed E-state index contributed by atoms with van der Waals surface area (Å²) in [5, 5.41) is 9.24. The Labute approximate surface area is 113 Å². The van der Waals surface area contributed by atoms with Crippen molar-refractivity contribution >= 4 is 11.9 Å². The Morgan fingerprint density at radius 1 is 1.16 bits per heavy atom. The molecule has 5 atom stereocenters. The maximum Gasteiger partial charge on any atom is 0.308 e. The number of carbonyl (C=O) groups is 2. The van der Waals surface area contributed by atoms with Gasteiger partial charge in [0.05, 0.1) is 5.92 Å². The van der Waals surface area contributed by atoms with Crippen LogP contribution in [-0.2, 0) is 9.59 Å². The largest absolute Gasteiger partial charge is 0.481 e. The zero-order valence-electron chi connectivity index (χ0n) is 11.1. The number of amides is 1. The Hall–Kier alpha value is -1.10. The molecule has 2 heterocycles. The molecule has 1 saturated carbocycles. The molecule has 1 amide bonds. The lowest BCUT2D eigenvalue weighted by atomic mass is 9.89. The normalized spacial score (nSPS) is 40.9. The second-order valence-electron chi connectivity index (χ2n) is 6.26. The summed E-state index contributed by atoms with van der Waals surface area (Å²) >= 11 is 0. The topological polar surface area (TPSA) is 83.6 Å². The number of fused-ring (bicyclic) bond motifs is 2. The van der Waals surface area contributed by atoms with Crippen LogP contribution < -0.4 is 5.73 Å². The molecule has 0 aromatic carbocycles. The summed E-state index contributed by atoms with van der Waals surface area (Å²) < 4.78 is 0. The van der Waals surface area contributed by atoms with Crippen molar-refractivity contribution in [3.8, 4) is 0 Å². The van der Waals surface area contributed by atoms with E-state index in [2.05, 4.69) is 0 Å². The molecular weight excluding hydrogens is 244 g/mol. The summed E-state index contributed by atoms with van der Waals surface area (Å²) in [6, 6.07) is 0.103. The smallest absolute Gasteiger partial charge is 0.308 e. The van der Waals surface area contributed by atoms with Crippen molar-refractivity contribution in [1.82, 2.24) is 4.90 Å². The zero-order valence-corrected chi connectivity index (χ0v) is 11.1. The molecule has 5 unspecified atom stereocenters. The van der Waals surface area contributed by atoms with Crippen LogP contribution in [0.25, 0.3) is 0 Å². The summed E-state index contributed by atoms with van der Waals surface area (Å²) in [7, 11) is 0. The summed E-state index contributed by atoms with van der Waals surface area (Å²) in [5.74, 6) is -0.562. The Bertz CT molecular complexity index is 398. The van der Waals surface area contributed by atoms with Crippen molar-refractivity contribution in [2.45, 2.75) is 50.6 Å². The lowest BCUT2D eigenvalue weighted by Crippen LogP contribution is -2.43. The number of hydrogen-bond acceptors (Lipinski definition) is 3. The van der Waals surface area contributed by atoms with Crippen LogP contribution >= 0.6 is 0 Å². The molecule has 5 heteroatoms. The van der Waals surface area contributed by atoms with Gasteiger partial charge in [-0.25, -0.2) is 0 Å². The Morgan fingerprint density at radius 2 is 1.95 bits per heavy atom. The second kappa shape index (κ2) is 4.78. The van der Waals surface area contributed by atoms with Crippen LogP contribution in [0.5, 0.6) is 0 Å². The average Bonchev–Trinajstić information content (AvgIpc) is 3.11. The number of carbonyl (C=O) groups excluding carboxylic acids is 1. The number of nitrogens with two attached hydrogens (primary N) is 1. The van der Waals surface area contributed by atoms with Gasteiger partial charge in [-0.3, -0.25) is 9.59 Å². The predicted molar refractivity (Wildman–Crippen MR) is 69.3 cm³/mol. The van der Waals surface area contributed by atoms with Crippen LogP contribution in [0.2, 0.25) is 0 Å². The average molecular weight is 266 g/mol. The fourth-order valence-electron chi connectivity index (χ4n) is 4.43. The number of nitrogens with zero attached hydrogens (tertiary/aromatic N) is 1. The Morgan fingerprint density at radius 3 is 2.58 bits per heavy atom. The third-order valence-electron chi connectivity index (χ3n) is 5.39. The molecule has 3 aliphatic rings. The molecule has 0 radical (unpaired) electrons. The first kappa shape index (κ1) is 12.9. The van der Waals surface area contributed by atoms with E-state index in [9.17, 15) is 14.7 Å².